The Morgan fingerprint density at radius 1 is 1.32 bits per heavy atom. The maximum atomic E-state index is 12.1. The van der Waals surface area contributed by atoms with E-state index in [4.69, 9.17) is 4.74 Å². The third-order valence-corrected chi connectivity index (χ3v) is 3.88. The van der Waals surface area contributed by atoms with E-state index in [1.807, 2.05) is 4.90 Å². The van der Waals surface area contributed by atoms with Crippen molar-refractivity contribution in [2.24, 2.45) is 0 Å². The van der Waals surface area contributed by atoms with Crippen molar-refractivity contribution in [1.82, 2.24) is 4.90 Å². The van der Waals surface area contributed by atoms with E-state index >= 15 is 0 Å². The van der Waals surface area contributed by atoms with Crippen molar-refractivity contribution < 1.29 is 9.53 Å². The SMILES string of the molecule is O=C(CCc1ccc2c(c1)NCC2)N1CCOCC1. The molecule has 102 valence electrons. The van der Waals surface area contributed by atoms with E-state index in [1.54, 1.807) is 0 Å². The number of hydrogen-bond donors (Lipinski definition) is 1. The third kappa shape index (κ3) is 2.89. The van der Waals surface area contributed by atoms with Crippen LogP contribution in [0.1, 0.15) is 17.5 Å². The Balaban J connectivity index is 1.55. The average Bonchev–Trinajstić information content (AvgIpc) is 2.93. The molecule has 0 radical (unpaired) electrons. The maximum Gasteiger partial charge on any atom is 0.223 e. The van der Waals surface area contributed by atoms with E-state index in [-0.39, 0.29) is 5.91 Å². The van der Waals surface area contributed by atoms with E-state index < -0.39 is 0 Å². The number of anilines is 1. The Morgan fingerprint density at radius 2 is 2.16 bits per heavy atom. The molecule has 4 nitrogen and oxygen atoms in total. The number of rotatable bonds is 3. The highest BCUT2D eigenvalue weighted by atomic mass is 16.5. The molecule has 19 heavy (non-hydrogen) atoms. The van der Waals surface area contributed by atoms with Crippen molar-refractivity contribution in [2.75, 3.05) is 38.2 Å². The number of amides is 1. The molecule has 3 rings (SSSR count). The Labute approximate surface area is 113 Å². The zero-order valence-electron chi connectivity index (χ0n) is 11.2. The molecule has 0 aliphatic carbocycles. The van der Waals surface area contributed by atoms with Gasteiger partial charge in [-0.25, -0.2) is 0 Å². The first-order valence-electron chi connectivity index (χ1n) is 7.04. The van der Waals surface area contributed by atoms with Gasteiger partial charge in [0, 0.05) is 31.7 Å². The van der Waals surface area contributed by atoms with Gasteiger partial charge < -0.3 is 15.0 Å². The molecule has 0 atom stereocenters. The number of nitrogens with zero attached hydrogens (tertiary/aromatic N) is 1. The lowest BCUT2D eigenvalue weighted by Crippen LogP contribution is -2.40. The molecule has 0 saturated carbocycles. The molecule has 1 aromatic carbocycles. The summed E-state index contributed by atoms with van der Waals surface area (Å²) in [5, 5.41) is 3.38. The summed E-state index contributed by atoms with van der Waals surface area (Å²) in [4.78, 5) is 14.0. The lowest BCUT2D eigenvalue weighted by atomic mass is 10.0. The Bertz CT molecular complexity index is 467. The van der Waals surface area contributed by atoms with E-state index in [9.17, 15) is 4.79 Å². The topological polar surface area (TPSA) is 41.6 Å². The van der Waals surface area contributed by atoms with Crippen LogP contribution in [0.4, 0.5) is 5.69 Å². The molecule has 2 aliphatic heterocycles. The van der Waals surface area contributed by atoms with Crippen LogP contribution in [-0.4, -0.2) is 43.7 Å². The number of ether oxygens (including phenoxy) is 1. The Morgan fingerprint density at radius 3 is 3.00 bits per heavy atom. The highest BCUT2D eigenvalue weighted by molar-refractivity contribution is 5.76. The summed E-state index contributed by atoms with van der Waals surface area (Å²) in [6.45, 7) is 3.86. The van der Waals surface area contributed by atoms with Crippen LogP contribution in [0, 0.1) is 0 Å². The largest absolute Gasteiger partial charge is 0.384 e. The molecule has 1 fully saturated rings. The molecule has 2 heterocycles. The highest BCUT2D eigenvalue weighted by Crippen LogP contribution is 2.23. The van der Waals surface area contributed by atoms with Crippen LogP contribution in [0.5, 0.6) is 0 Å². The van der Waals surface area contributed by atoms with E-state index in [0.717, 1.165) is 32.5 Å². The van der Waals surface area contributed by atoms with Crippen LogP contribution < -0.4 is 5.32 Å². The van der Waals surface area contributed by atoms with Crippen molar-refractivity contribution in [1.29, 1.82) is 0 Å². The number of nitrogens with one attached hydrogen (secondary N) is 1. The van der Waals surface area contributed by atoms with Crippen molar-refractivity contribution >= 4 is 11.6 Å². The fraction of sp³-hybridized carbons (Fsp3) is 0.533. The normalized spacial score (nSPS) is 18.0. The third-order valence-electron chi connectivity index (χ3n) is 3.88. The highest BCUT2D eigenvalue weighted by Gasteiger charge is 2.17. The smallest absolute Gasteiger partial charge is 0.223 e. The fourth-order valence-corrected chi connectivity index (χ4v) is 2.72. The van der Waals surface area contributed by atoms with Gasteiger partial charge in [-0.15, -0.1) is 0 Å². The molecule has 0 spiro atoms. The minimum absolute atomic E-state index is 0.247. The summed E-state index contributed by atoms with van der Waals surface area (Å²) in [5.41, 5.74) is 3.88. The van der Waals surface area contributed by atoms with Crippen LogP contribution in [0.25, 0.3) is 0 Å². The van der Waals surface area contributed by atoms with Gasteiger partial charge in [0.15, 0.2) is 0 Å². The van der Waals surface area contributed by atoms with Gasteiger partial charge in [-0.3, -0.25) is 4.79 Å². The minimum Gasteiger partial charge on any atom is -0.384 e. The minimum atomic E-state index is 0.247. The average molecular weight is 260 g/mol. The molecular formula is C15H20N2O2. The van der Waals surface area contributed by atoms with Gasteiger partial charge in [0.2, 0.25) is 5.91 Å². The van der Waals surface area contributed by atoms with Crippen LogP contribution in [-0.2, 0) is 22.4 Å². The van der Waals surface area contributed by atoms with Crippen LogP contribution in [0.3, 0.4) is 0 Å². The number of benzene rings is 1. The van der Waals surface area contributed by atoms with Gasteiger partial charge in [-0.05, 0) is 30.0 Å². The summed E-state index contributed by atoms with van der Waals surface area (Å²) in [6, 6.07) is 6.53. The molecule has 0 unspecified atom stereocenters. The van der Waals surface area contributed by atoms with Crippen molar-refractivity contribution in [3.05, 3.63) is 29.3 Å². The number of hydrogen-bond acceptors (Lipinski definition) is 3. The molecular weight excluding hydrogens is 240 g/mol. The van der Waals surface area contributed by atoms with Gasteiger partial charge in [-0.2, -0.15) is 0 Å². The summed E-state index contributed by atoms with van der Waals surface area (Å²) in [5.74, 6) is 0.247. The molecule has 4 heteroatoms. The van der Waals surface area contributed by atoms with Gasteiger partial charge in [-0.1, -0.05) is 12.1 Å². The monoisotopic (exact) mass is 260 g/mol. The molecule has 0 bridgehead atoms. The first-order chi connectivity index (χ1) is 9.33. The summed E-state index contributed by atoms with van der Waals surface area (Å²) < 4.78 is 5.26. The summed E-state index contributed by atoms with van der Waals surface area (Å²) in [6.07, 6.45) is 2.53. The molecule has 2 aliphatic rings. The number of carbonyl (C=O) groups is 1. The second kappa shape index (κ2) is 5.61. The number of aryl methyl sites for hydroxylation is 1. The van der Waals surface area contributed by atoms with E-state index in [2.05, 4.69) is 23.5 Å². The fourth-order valence-electron chi connectivity index (χ4n) is 2.72. The zero-order valence-corrected chi connectivity index (χ0v) is 11.2. The lowest BCUT2D eigenvalue weighted by molar-refractivity contribution is -0.135. The van der Waals surface area contributed by atoms with Crippen molar-refractivity contribution in [3.63, 3.8) is 0 Å². The molecule has 0 aromatic heterocycles. The molecule has 1 saturated heterocycles. The molecule has 1 amide bonds. The van der Waals surface area contributed by atoms with Crippen LogP contribution in [0.15, 0.2) is 18.2 Å². The molecule has 1 aromatic rings. The first kappa shape index (κ1) is 12.5. The molecule has 1 N–H and O–H groups in total. The Kier molecular flexibility index (Phi) is 3.69. The summed E-state index contributed by atoms with van der Waals surface area (Å²) in [7, 11) is 0. The second-order valence-electron chi connectivity index (χ2n) is 5.16. The lowest BCUT2D eigenvalue weighted by Gasteiger charge is -2.26. The predicted octanol–water partition coefficient (Wildman–Crippen LogP) is 1.45. The van der Waals surface area contributed by atoms with Crippen LogP contribution in [0.2, 0.25) is 0 Å². The summed E-state index contributed by atoms with van der Waals surface area (Å²) >= 11 is 0. The number of fused-ring (bicyclic) bond motifs is 1. The van der Waals surface area contributed by atoms with Gasteiger partial charge in [0.1, 0.15) is 0 Å². The van der Waals surface area contributed by atoms with Crippen molar-refractivity contribution in [2.45, 2.75) is 19.3 Å². The predicted molar refractivity (Wildman–Crippen MR) is 74.4 cm³/mol. The van der Waals surface area contributed by atoms with Gasteiger partial charge in [0.05, 0.1) is 13.2 Å². The second-order valence-corrected chi connectivity index (χ2v) is 5.16. The van der Waals surface area contributed by atoms with Crippen molar-refractivity contribution in [3.8, 4) is 0 Å². The quantitative estimate of drug-likeness (QED) is 0.894. The van der Waals surface area contributed by atoms with Gasteiger partial charge in [0.25, 0.3) is 0 Å². The first-order valence-corrected chi connectivity index (χ1v) is 7.04. The van der Waals surface area contributed by atoms with E-state index in [1.165, 1.54) is 16.8 Å². The van der Waals surface area contributed by atoms with Gasteiger partial charge >= 0.3 is 0 Å². The Hall–Kier alpha value is -1.55. The zero-order chi connectivity index (χ0) is 13.1. The van der Waals surface area contributed by atoms with E-state index in [0.29, 0.717) is 19.6 Å². The number of morpholine rings is 1. The maximum absolute atomic E-state index is 12.1. The van der Waals surface area contributed by atoms with Crippen LogP contribution >= 0.6 is 0 Å². The standard InChI is InChI=1S/C15H20N2O2/c18-15(17-7-9-19-10-8-17)4-2-12-1-3-13-5-6-16-14(13)11-12/h1,3,11,16H,2,4-10H2. The number of carbonyl (C=O) groups excluding carboxylic acids is 1.